The second kappa shape index (κ2) is 14.0. The number of esters is 4. The Bertz CT molecular complexity index is 1240. The van der Waals surface area contributed by atoms with E-state index < -0.39 is 54.6 Å². The van der Waals surface area contributed by atoms with E-state index in [2.05, 4.69) is 0 Å². The van der Waals surface area contributed by atoms with Gasteiger partial charge in [-0.25, -0.2) is 0 Å². The first kappa shape index (κ1) is 30.0. The summed E-state index contributed by atoms with van der Waals surface area (Å²) in [6.07, 6.45) is -3.38. The molecule has 0 N–H and O–H groups in total. The maximum atomic E-state index is 12.6. The number of benzene rings is 2. The van der Waals surface area contributed by atoms with Crippen LogP contribution in [-0.2, 0) is 42.9 Å². The monoisotopic (exact) mass is 554 g/mol. The van der Waals surface area contributed by atoms with Crippen molar-refractivity contribution < 1.29 is 52.4 Å². The molecule has 212 valence electrons. The number of carbonyl (C=O) groups is 5. The number of ketones is 1. The van der Waals surface area contributed by atoms with Crippen LogP contribution >= 0.6 is 0 Å². The largest absolute Gasteiger partial charge is 0.463 e. The van der Waals surface area contributed by atoms with Crippen LogP contribution in [0, 0.1) is 0 Å². The van der Waals surface area contributed by atoms with Crippen molar-refractivity contribution >= 4 is 35.7 Å². The van der Waals surface area contributed by atoms with Gasteiger partial charge in [-0.2, -0.15) is 0 Å². The molecule has 0 spiro atoms. The minimum atomic E-state index is -1.37. The van der Waals surface area contributed by atoms with E-state index in [4.69, 9.17) is 28.4 Å². The Morgan fingerprint density at radius 2 is 1.30 bits per heavy atom. The molecule has 0 aliphatic carbocycles. The van der Waals surface area contributed by atoms with E-state index in [1.807, 2.05) is 30.3 Å². The lowest BCUT2D eigenvalue weighted by Gasteiger charge is -2.43. The van der Waals surface area contributed by atoms with Crippen molar-refractivity contribution in [2.75, 3.05) is 6.61 Å². The molecular formula is C29H30O11. The molecular weight excluding hydrogens is 524 g/mol. The fourth-order valence-corrected chi connectivity index (χ4v) is 3.95. The van der Waals surface area contributed by atoms with Crippen LogP contribution in [0.5, 0.6) is 5.75 Å². The molecule has 0 amide bonds. The van der Waals surface area contributed by atoms with Gasteiger partial charge in [0.25, 0.3) is 0 Å². The van der Waals surface area contributed by atoms with Gasteiger partial charge in [0, 0.05) is 33.3 Å². The van der Waals surface area contributed by atoms with Crippen LogP contribution in [0.1, 0.15) is 43.6 Å². The molecule has 5 atom stereocenters. The molecule has 2 aromatic carbocycles. The molecule has 11 nitrogen and oxygen atoms in total. The lowest BCUT2D eigenvalue weighted by Crippen LogP contribution is -2.63. The Labute approximate surface area is 230 Å². The van der Waals surface area contributed by atoms with Gasteiger partial charge in [0.15, 0.2) is 18.0 Å². The highest BCUT2D eigenvalue weighted by Gasteiger charge is 2.53. The zero-order valence-corrected chi connectivity index (χ0v) is 22.4. The summed E-state index contributed by atoms with van der Waals surface area (Å²) < 4.78 is 33.0. The van der Waals surface area contributed by atoms with E-state index in [1.54, 1.807) is 6.08 Å². The number of rotatable bonds is 10. The molecule has 2 aromatic rings. The van der Waals surface area contributed by atoms with Crippen LogP contribution < -0.4 is 4.74 Å². The van der Waals surface area contributed by atoms with E-state index in [0.717, 1.165) is 26.3 Å². The average molecular weight is 555 g/mol. The first-order chi connectivity index (χ1) is 19.0. The summed E-state index contributed by atoms with van der Waals surface area (Å²) in [6, 6.07) is 15.5. The Morgan fingerprint density at radius 3 is 1.88 bits per heavy atom. The fraction of sp³-hybridized carbons (Fsp3) is 0.345. The molecule has 0 bridgehead atoms. The van der Waals surface area contributed by atoms with Gasteiger partial charge in [-0.05, 0) is 35.9 Å². The third-order valence-electron chi connectivity index (χ3n) is 5.57. The summed E-state index contributed by atoms with van der Waals surface area (Å²) in [7, 11) is 0. The van der Waals surface area contributed by atoms with Crippen molar-refractivity contribution in [2.24, 2.45) is 0 Å². The first-order valence-corrected chi connectivity index (χ1v) is 12.4. The number of hydrogen-bond acceptors (Lipinski definition) is 11. The summed E-state index contributed by atoms with van der Waals surface area (Å²) in [4.78, 5) is 59.8. The van der Waals surface area contributed by atoms with Gasteiger partial charge in [0.2, 0.25) is 12.4 Å². The standard InChI is InChI=1S/C29H30O11/c1-17(30)35-16-25-26(36-18(2)31)27(37-19(3)32)28(38-20(4)33)29(40-25)39-23-13-11-22(12-14-23)24(34)15-10-21-8-6-5-7-9-21/h5-15,25-29H,16H2,1-4H3/t25-,26-,27+,28-,29-/m1/s1. The molecule has 1 fully saturated rings. The second-order valence-corrected chi connectivity index (χ2v) is 8.82. The zero-order chi connectivity index (χ0) is 29.2. The summed E-state index contributed by atoms with van der Waals surface area (Å²) in [5.74, 6) is -2.87. The minimum absolute atomic E-state index is 0.226. The quantitative estimate of drug-likeness (QED) is 0.185. The van der Waals surface area contributed by atoms with Gasteiger partial charge in [-0.1, -0.05) is 36.4 Å². The second-order valence-electron chi connectivity index (χ2n) is 8.82. The van der Waals surface area contributed by atoms with E-state index in [9.17, 15) is 24.0 Å². The molecule has 1 aliphatic heterocycles. The third kappa shape index (κ3) is 8.77. The van der Waals surface area contributed by atoms with Crippen molar-refractivity contribution in [2.45, 2.75) is 58.4 Å². The van der Waals surface area contributed by atoms with Crippen LogP contribution in [0.25, 0.3) is 6.08 Å². The normalized spacial score (nSPS) is 22.1. The van der Waals surface area contributed by atoms with Gasteiger partial charge < -0.3 is 28.4 Å². The third-order valence-corrected chi connectivity index (χ3v) is 5.57. The van der Waals surface area contributed by atoms with E-state index in [1.165, 1.54) is 37.3 Å². The van der Waals surface area contributed by atoms with Crippen molar-refractivity contribution in [1.29, 1.82) is 0 Å². The molecule has 1 saturated heterocycles. The van der Waals surface area contributed by atoms with Crippen molar-refractivity contribution in [1.82, 2.24) is 0 Å². The maximum Gasteiger partial charge on any atom is 0.303 e. The Hall–Kier alpha value is -4.51. The van der Waals surface area contributed by atoms with Crippen LogP contribution in [0.4, 0.5) is 0 Å². The predicted octanol–water partition coefficient (Wildman–Crippen LogP) is 3.04. The molecule has 0 saturated carbocycles. The van der Waals surface area contributed by atoms with Gasteiger partial charge in [-0.15, -0.1) is 0 Å². The van der Waals surface area contributed by atoms with Crippen molar-refractivity contribution in [3.63, 3.8) is 0 Å². The number of carbonyl (C=O) groups excluding carboxylic acids is 5. The van der Waals surface area contributed by atoms with Gasteiger partial charge in [-0.3, -0.25) is 24.0 Å². The van der Waals surface area contributed by atoms with Crippen LogP contribution in [0.2, 0.25) is 0 Å². The van der Waals surface area contributed by atoms with Crippen molar-refractivity contribution in [3.05, 3.63) is 71.8 Å². The highest BCUT2D eigenvalue weighted by atomic mass is 16.7. The summed E-state index contributed by atoms with van der Waals surface area (Å²) in [5, 5.41) is 0. The number of ether oxygens (including phenoxy) is 6. The van der Waals surface area contributed by atoms with E-state index in [0.29, 0.717) is 5.56 Å². The topological polar surface area (TPSA) is 141 Å². The SMILES string of the molecule is CC(=O)OC[C@H]1O[C@@H](Oc2ccc(C(=O)C=Cc3ccccc3)cc2)[C@H](OC(C)=O)[C@@H](OC(C)=O)[C@@H]1OC(C)=O. The lowest BCUT2D eigenvalue weighted by molar-refractivity contribution is -0.288. The highest BCUT2D eigenvalue weighted by molar-refractivity contribution is 6.06. The van der Waals surface area contributed by atoms with Crippen LogP contribution in [0.15, 0.2) is 60.7 Å². The zero-order valence-electron chi connectivity index (χ0n) is 22.4. The fourth-order valence-electron chi connectivity index (χ4n) is 3.95. The highest BCUT2D eigenvalue weighted by Crippen LogP contribution is 2.31. The van der Waals surface area contributed by atoms with Gasteiger partial charge in [0.1, 0.15) is 18.5 Å². The molecule has 0 radical (unpaired) electrons. The Kier molecular flexibility index (Phi) is 10.5. The average Bonchev–Trinajstić information content (AvgIpc) is 2.89. The summed E-state index contributed by atoms with van der Waals surface area (Å²) in [5.41, 5.74) is 1.26. The van der Waals surface area contributed by atoms with Crippen LogP contribution in [0.3, 0.4) is 0 Å². The van der Waals surface area contributed by atoms with E-state index >= 15 is 0 Å². The summed E-state index contributed by atoms with van der Waals surface area (Å²) in [6.45, 7) is 4.20. The molecule has 3 rings (SSSR count). The van der Waals surface area contributed by atoms with E-state index in [-0.39, 0.29) is 18.1 Å². The summed E-state index contributed by atoms with van der Waals surface area (Å²) >= 11 is 0. The van der Waals surface area contributed by atoms with Gasteiger partial charge >= 0.3 is 23.9 Å². The molecule has 40 heavy (non-hydrogen) atoms. The maximum absolute atomic E-state index is 12.6. The molecule has 11 heteroatoms. The smallest absolute Gasteiger partial charge is 0.303 e. The van der Waals surface area contributed by atoms with Crippen molar-refractivity contribution in [3.8, 4) is 5.75 Å². The Balaban J connectivity index is 1.86. The number of allylic oxidation sites excluding steroid dienone is 1. The number of hydrogen-bond donors (Lipinski definition) is 0. The minimum Gasteiger partial charge on any atom is -0.463 e. The molecule has 0 aromatic heterocycles. The molecule has 0 unspecified atom stereocenters. The van der Waals surface area contributed by atoms with Crippen LogP contribution in [-0.4, -0.2) is 67.0 Å². The lowest BCUT2D eigenvalue weighted by atomic mass is 9.98. The van der Waals surface area contributed by atoms with Gasteiger partial charge in [0.05, 0.1) is 0 Å². The molecule has 1 aliphatic rings. The molecule has 1 heterocycles. The predicted molar refractivity (Wildman–Crippen MR) is 139 cm³/mol. The first-order valence-electron chi connectivity index (χ1n) is 12.4. The Morgan fingerprint density at radius 1 is 0.725 bits per heavy atom.